The second-order valence-electron chi connectivity index (χ2n) is 11.5. The number of aromatic amines is 1. The Morgan fingerprint density at radius 3 is 2.76 bits per heavy atom. The van der Waals surface area contributed by atoms with Crippen molar-refractivity contribution in [2.75, 3.05) is 11.4 Å². The molecule has 3 fully saturated rings. The summed E-state index contributed by atoms with van der Waals surface area (Å²) >= 11 is 0. The average molecular weight is 493 g/mol. The van der Waals surface area contributed by atoms with Crippen molar-refractivity contribution in [2.24, 2.45) is 5.73 Å². The van der Waals surface area contributed by atoms with Crippen molar-refractivity contribution < 1.29 is 4.74 Å². The van der Waals surface area contributed by atoms with Gasteiger partial charge in [0.05, 0.1) is 34.9 Å². The van der Waals surface area contributed by atoms with Crippen molar-refractivity contribution in [3.63, 3.8) is 0 Å². The van der Waals surface area contributed by atoms with Crippen molar-refractivity contribution in [3.05, 3.63) is 65.7 Å². The summed E-state index contributed by atoms with van der Waals surface area (Å²) in [4.78, 5) is 19.5. The van der Waals surface area contributed by atoms with Crippen molar-refractivity contribution >= 4 is 22.7 Å². The van der Waals surface area contributed by atoms with E-state index in [2.05, 4.69) is 49.2 Å². The Morgan fingerprint density at radius 1 is 1.03 bits per heavy atom. The number of nitrogens with one attached hydrogen (secondary N) is 1. The van der Waals surface area contributed by atoms with Crippen LogP contribution in [0.1, 0.15) is 55.1 Å². The number of nitrogens with two attached hydrogens (primary N) is 1. The van der Waals surface area contributed by atoms with Crippen LogP contribution in [0.15, 0.2) is 48.8 Å². The summed E-state index contributed by atoms with van der Waals surface area (Å²) in [5.41, 5.74) is 12.5. The predicted octanol–water partition coefficient (Wildman–Crippen LogP) is 3.50. The number of piperidine rings is 2. The van der Waals surface area contributed by atoms with Gasteiger partial charge in [-0.1, -0.05) is 18.2 Å². The van der Waals surface area contributed by atoms with Gasteiger partial charge in [-0.3, -0.25) is 15.0 Å². The van der Waals surface area contributed by atoms with E-state index in [1.54, 1.807) is 0 Å². The minimum atomic E-state index is -0.282. The number of aryl methyl sites for hydroxylation is 1. The molecule has 5 aliphatic rings. The van der Waals surface area contributed by atoms with Crippen LogP contribution in [0.4, 0.5) is 11.5 Å². The average Bonchev–Trinajstić information content (AvgIpc) is 3.44. The van der Waals surface area contributed by atoms with E-state index in [1.165, 1.54) is 0 Å². The number of hydrogen-bond donors (Lipinski definition) is 2. The molecule has 0 aliphatic carbocycles. The first-order valence-corrected chi connectivity index (χ1v) is 13.4. The molecule has 5 atom stereocenters. The van der Waals surface area contributed by atoms with Crippen LogP contribution in [0.2, 0.25) is 0 Å². The van der Waals surface area contributed by atoms with Crippen molar-refractivity contribution in [1.82, 2.24) is 30.0 Å². The number of para-hydroxylation sites is 1. The molecule has 0 radical (unpaired) electrons. The van der Waals surface area contributed by atoms with E-state index < -0.39 is 0 Å². The Labute approximate surface area is 214 Å². The Balaban J connectivity index is 1.00. The summed E-state index contributed by atoms with van der Waals surface area (Å²) in [5, 5.41) is 7.84. The molecule has 1 spiro atoms. The highest BCUT2D eigenvalue weighted by molar-refractivity contribution is 5.87. The number of nitrogens with zero attached hydrogens (tertiary/aromatic N) is 6. The summed E-state index contributed by atoms with van der Waals surface area (Å²) in [6, 6.07) is 13.3. The standard InChI is InChI=1S/C28H28N8O/c29-24-18-5-1-2-8-21(18)37-28(24)13-16-11-27(12-17(14-28)36(16)27)22-15-31-23-25(32-22)33-34-26(23)35-10-4-6-19-20(35)7-3-9-30-19/h1-3,5,7-9,15-17,24H,4,6,10-14,29H2,(H,32,33,34)/t16-,17+,24-,27?,28?/m1/s1. The first-order valence-electron chi connectivity index (χ1n) is 13.4. The fourth-order valence-electron chi connectivity index (χ4n) is 8.15. The highest BCUT2D eigenvalue weighted by atomic mass is 16.5. The van der Waals surface area contributed by atoms with E-state index in [1.807, 2.05) is 24.5 Å². The van der Waals surface area contributed by atoms with Gasteiger partial charge in [0.2, 0.25) is 0 Å². The van der Waals surface area contributed by atoms with E-state index in [9.17, 15) is 0 Å². The lowest BCUT2D eigenvalue weighted by molar-refractivity contribution is -0.259. The Morgan fingerprint density at radius 2 is 1.89 bits per heavy atom. The fourth-order valence-corrected chi connectivity index (χ4v) is 8.15. The number of fused-ring (bicyclic) bond motifs is 3. The normalized spacial score (nSPS) is 33.3. The minimum Gasteiger partial charge on any atom is -0.485 e. The minimum absolute atomic E-state index is 0.0133. The van der Waals surface area contributed by atoms with E-state index in [-0.39, 0.29) is 17.2 Å². The molecular formula is C28H28N8O. The SMILES string of the molecule is N[C@@H]1c2ccccc2OC12C[C@@H]1CC3(c4cnc5c(N6CCCc7ncccc76)n[nH]c5n4)C[C@H](C2)N13. The quantitative estimate of drug-likeness (QED) is 0.438. The maximum absolute atomic E-state index is 6.78. The highest BCUT2D eigenvalue weighted by Crippen LogP contribution is 2.65. The molecular weight excluding hydrogens is 464 g/mol. The van der Waals surface area contributed by atoms with Gasteiger partial charge in [-0.25, -0.2) is 9.97 Å². The maximum Gasteiger partial charge on any atom is 0.183 e. The zero-order chi connectivity index (χ0) is 24.4. The molecule has 0 amide bonds. The number of rotatable bonds is 2. The van der Waals surface area contributed by atoms with Gasteiger partial charge in [0.1, 0.15) is 11.4 Å². The number of anilines is 2. The molecule has 3 N–H and O–H groups in total. The summed E-state index contributed by atoms with van der Waals surface area (Å²) in [5.74, 6) is 1.80. The van der Waals surface area contributed by atoms with E-state index >= 15 is 0 Å². The van der Waals surface area contributed by atoms with Crippen LogP contribution in [0, 0.1) is 0 Å². The summed E-state index contributed by atoms with van der Waals surface area (Å²) in [6.45, 7) is 0.902. The monoisotopic (exact) mass is 492 g/mol. The Bertz CT molecular complexity index is 1570. The van der Waals surface area contributed by atoms with Crippen LogP contribution in [-0.2, 0) is 12.0 Å². The lowest BCUT2D eigenvalue weighted by Gasteiger charge is -2.74. The number of benzene rings is 1. The van der Waals surface area contributed by atoms with Gasteiger partial charge in [0, 0.05) is 43.2 Å². The molecule has 9 nitrogen and oxygen atoms in total. The molecule has 3 aromatic heterocycles. The second-order valence-corrected chi connectivity index (χ2v) is 11.5. The largest absolute Gasteiger partial charge is 0.485 e. The number of hydrogen-bond acceptors (Lipinski definition) is 8. The summed E-state index contributed by atoms with van der Waals surface area (Å²) in [7, 11) is 0. The molecule has 2 unspecified atom stereocenters. The molecule has 5 aliphatic heterocycles. The molecule has 37 heavy (non-hydrogen) atoms. The van der Waals surface area contributed by atoms with Gasteiger partial charge in [-0.05, 0) is 43.9 Å². The zero-order valence-corrected chi connectivity index (χ0v) is 20.5. The Hall–Kier alpha value is -3.56. The lowest BCUT2D eigenvalue weighted by atomic mass is 9.55. The summed E-state index contributed by atoms with van der Waals surface area (Å²) < 4.78 is 6.58. The highest BCUT2D eigenvalue weighted by Gasteiger charge is 2.71. The molecule has 9 rings (SSSR count). The predicted molar refractivity (Wildman–Crippen MR) is 138 cm³/mol. The number of ether oxygens (including phenoxy) is 1. The van der Waals surface area contributed by atoms with Gasteiger partial charge in [-0.15, -0.1) is 0 Å². The van der Waals surface area contributed by atoms with Gasteiger partial charge in [0.25, 0.3) is 0 Å². The molecule has 1 aromatic carbocycles. The maximum atomic E-state index is 6.78. The number of aromatic nitrogens is 5. The molecule has 8 heterocycles. The third-order valence-corrected chi connectivity index (χ3v) is 9.66. The zero-order valence-electron chi connectivity index (χ0n) is 20.5. The van der Waals surface area contributed by atoms with Crippen LogP contribution >= 0.6 is 0 Å². The fraction of sp³-hybridized carbons (Fsp3) is 0.429. The third-order valence-electron chi connectivity index (χ3n) is 9.66. The number of pyridine rings is 1. The van der Waals surface area contributed by atoms with Gasteiger partial charge >= 0.3 is 0 Å². The molecule has 9 heteroatoms. The number of H-pyrrole nitrogens is 1. The molecule has 4 aromatic rings. The summed E-state index contributed by atoms with van der Waals surface area (Å²) in [6.07, 6.45) is 9.97. The van der Waals surface area contributed by atoms with Crippen LogP contribution in [0.3, 0.4) is 0 Å². The van der Waals surface area contributed by atoms with Crippen LogP contribution in [-0.4, -0.2) is 54.3 Å². The van der Waals surface area contributed by atoms with Gasteiger partial charge in [0.15, 0.2) is 17.0 Å². The van der Waals surface area contributed by atoms with Crippen molar-refractivity contribution in [2.45, 2.75) is 67.8 Å². The van der Waals surface area contributed by atoms with E-state index in [4.69, 9.17) is 20.4 Å². The third kappa shape index (κ3) is 2.51. The van der Waals surface area contributed by atoms with E-state index in [0.29, 0.717) is 12.1 Å². The van der Waals surface area contributed by atoms with Crippen molar-refractivity contribution in [3.8, 4) is 5.75 Å². The lowest BCUT2D eigenvalue weighted by Crippen LogP contribution is -2.81. The van der Waals surface area contributed by atoms with Gasteiger partial charge < -0.3 is 15.4 Å². The molecule has 3 saturated heterocycles. The van der Waals surface area contributed by atoms with Crippen LogP contribution in [0.25, 0.3) is 11.2 Å². The molecule has 0 saturated carbocycles. The molecule has 186 valence electrons. The van der Waals surface area contributed by atoms with Gasteiger partial charge in [-0.2, -0.15) is 5.10 Å². The topological polar surface area (TPSA) is 109 Å². The smallest absolute Gasteiger partial charge is 0.183 e. The first-order chi connectivity index (χ1) is 18.2. The van der Waals surface area contributed by atoms with Crippen LogP contribution < -0.4 is 15.4 Å². The molecule has 0 bridgehead atoms. The Kier molecular flexibility index (Phi) is 3.79. The van der Waals surface area contributed by atoms with E-state index in [0.717, 1.165) is 90.4 Å². The first kappa shape index (κ1) is 20.5. The van der Waals surface area contributed by atoms with Crippen molar-refractivity contribution in [1.29, 1.82) is 0 Å². The second kappa shape index (κ2) is 6.85. The van der Waals surface area contributed by atoms with Crippen LogP contribution in [0.5, 0.6) is 5.75 Å².